The van der Waals surface area contributed by atoms with Crippen molar-refractivity contribution in [2.75, 3.05) is 0 Å². The molecule has 0 aromatic carbocycles. The molecule has 0 saturated heterocycles. The van der Waals surface area contributed by atoms with Gasteiger partial charge in [0.05, 0.1) is 6.07 Å². The van der Waals surface area contributed by atoms with Crippen LogP contribution in [0.5, 0.6) is 0 Å². The number of rotatable bonds is 1. The normalized spacial score (nSPS) is 10.5. The smallest absolute Gasteiger partial charge is 0.0912 e. The van der Waals surface area contributed by atoms with Crippen LogP contribution in [0.15, 0.2) is 48.5 Å². The quantitative estimate of drug-likeness (QED) is 0.616. The molecule has 0 aromatic heterocycles. The molecule has 0 aliphatic heterocycles. The number of nitriles is 1. The van der Waals surface area contributed by atoms with Gasteiger partial charge < -0.3 is 0 Å². The molecule has 1 heteroatoms. The minimum Gasteiger partial charge on any atom is -0.193 e. The summed E-state index contributed by atoms with van der Waals surface area (Å²) in [5.74, 6) is 0. The summed E-state index contributed by atoms with van der Waals surface area (Å²) in [7, 11) is 0. The number of nitrogens with zero attached hydrogens (tertiary/aromatic N) is 1. The number of allylic oxidation sites excluding steroid dienone is 1. The molecule has 0 spiro atoms. The molecule has 0 aromatic rings. The van der Waals surface area contributed by atoms with Gasteiger partial charge in [0.1, 0.15) is 0 Å². The second-order valence-electron chi connectivity index (χ2n) is 3.03. The Morgan fingerprint density at radius 2 is 1.86 bits per heavy atom. The van der Waals surface area contributed by atoms with Crippen molar-refractivity contribution < 1.29 is 0 Å². The largest absolute Gasteiger partial charge is 0.193 e. The van der Waals surface area contributed by atoms with E-state index in [0.29, 0.717) is 0 Å². The molecule has 0 saturated carbocycles. The zero-order chi connectivity index (χ0) is 9.80. The van der Waals surface area contributed by atoms with Crippen molar-refractivity contribution in [3.63, 3.8) is 0 Å². The third kappa shape index (κ3) is 1.51. The van der Waals surface area contributed by atoms with E-state index in [-0.39, 0.29) is 0 Å². The van der Waals surface area contributed by atoms with Crippen molar-refractivity contribution in [1.82, 2.24) is 0 Å². The Balaban J connectivity index is 2.54. The summed E-state index contributed by atoms with van der Waals surface area (Å²) < 4.78 is 0. The highest BCUT2D eigenvalue weighted by Gasteiger charge is 2.03. The average molecular weight is 179 g/mol. The van der Waals surface area contributed by atoms with E-state index in [1.807, 2.05) is 36.4 Å². The van der Waals surface area contributed by atoms with Crippen molar-refractivity contribution >= 4 is 6.08 Å². The molecule has 0 unspecified atom stereocenters. The average Bonchev–Trinajstić information content (AvgIpc) is 2.45. The first-order valence-electron chi connectivity index (χ1n) is 4.46. The van der Waals surface area contributed by atoms with Crippen LogP contribution in [0, 0.1) is 11.3 Å². The second-order valence-corrected chi connectivity index (χ2v) is 3.03. The van der Waals surface area contributed by atoms with E-state index in [1.54, 1.807) is 0 Å². The molecule has 2 aliphatic carbocycles. The highest BCUT2D eigenvalue weighted by atomic mass is 14.2. The van der Waals surface area contributed by atoms with Gasteiger partial charge in [0.25, 0.3) is 0 Å². The van der Waals surface area contributed by atoms with E-state index in [1.165, 1.54) is 17.2 Å². The van der Waals surface area contributed by atoms with Gasteiger partial charge in [-0.3, -0.25) is 0 Å². The van der Waals surface area contributed by atoms with E-state index >= 15 is 0 Å². The summed E-state index contributed by atoms with van der Waals surface area (Å²) in [5.41, 5.74) is 3.48. The van der Waals surface area contributed by atoms with Gasteiger partial charge in [-0.1, -0.05) is 42.5 Å². The van der Waals surface area contributed by atoms with Crippen molar-refractivity contribution in [1.29, 1.82) is 5.26 Å². The molecule has 0 N–H and O–H groups in total. The SMILES string of the molecule is N#CC=Cc1ccc2cccccc1-2. The van der Waals surface area contributed by atoms with Crippen molar-refractivity contribution in [2.45, 2.75) is 0 Å². The third-order valence-corrected chi connectivity index (χ3v) is 2.16. The molecule has 0 heterocycles. The predicted molar refractivity (Wildman–Crippen MR) is 57.7 cm³/mol. The maximum absolute atomic E-state index is 8.45. The highest BCUT2D eigenvalue weighted by Crippen LogP contribution is 2.27. The Bertz CT molecular complexity index is 477. The highest BCUT2D eigenvalue weighted by molar-refractivity contribution is 5.78. The number of hydrogen-bond acceptors (Lipinski definition) is 1. The maximum atomic E-state index is 8.45. The monoisotopic (exact) mass is 179 g/mol. The minimum absolute atomic E-state index is 1.10. The van der Waals surface area contributed by atoms with E-state index in [0.717, 1.165) is 5.56 Å². The molecule has 0 fully saturated rings. The predicted octanol–water partition coefficient (Wildman–Crippen LogP) is 3.33. The van der Waals surface area contributed by atoms with Crippen molar-refractivity contribution in [2.24, 2.45) is 0 Å². The van der Waals surface area contributed by atoms with Gasteiger partial charge in [-0.2, -0.15) is 5.26 Å². The van der Waals surface area contributed by atoms with Crippen LogP contribution in [-0.4, -0.2) is 0 Å². The zero-order valence-corrected chi connectivity index (χ0v) is 7.64. The van der Waals surface area contributed by atoms with Gasteiger partial charge in [0, 0.05) is 6.08 Å². The lowest BCUT2D eigenvalue weighted by Gasteiger charge is -1.93. The van der Waals surface area contributed by atoms with Gasteiger partial charge in [-0.05, 0) is 22.8 Å². The number of hydrogen-bond donors (Lipinski definition) is 0. The Hall–Kier alpha value is -2.07. The Morgan fingerprint density at radius 3 is 2.71 bits per heavy atom. The van der Waals surface area contributed by atoms with Gasteiger partial charge in [-0.25, -0.2) is 0 Å². The second kappa shape index (κ2) is 3.76. The van der Waals surface area contributed by atoms with Crippen LogP contribution in [0.3, 0.4) is 0 Å². The summed E-state index contributed by atoms with van der Waals surface area (Å²) in [6.45, 7) is 0. The van der Waals surface area contributed by atoms with Crippen LogP contribution in [0.2, 0.25) is 0 Å². The van der Waals surface area contributed by atoms with Crippen molar-refractivity contribution in [3.8, 4) is 17.2 Å². The summed E-state index contributed by atoms with van der Waals surface area (Å²) in [6.07, 6.45) is 3.34. The van der Waals surface area contributed by atoms with Crippen LogP contribution in [0.4, 0.5) is 0 Å². The van der Waals surface area contributed by atoms with Gasteiger partial charge >= 0.3 is 0 Å². The third-order valence-electron chi connectivity index (χ3n) is 2.16. The minimum atomic E-state index is 1.10. The molecule has 1 nitrogen and oxygen atoms in total. The van der Waals surface area contributed by atoms with Gasteiger partial charge in [-0.15, -0.1) is 0 Å². The fourth-order valence-corrected chi connectivity index (χ4v) is 1.51. The molecule has 0 amide bonds. The maximum Gasteiger partial charge on any atom is 0.0912 e. The molecule has 66 valence electrons. The molecular formula is C13H9N. The first-order chi connectivity index (χ1) is 6.92. The lowest BCUT2D eigenvalue weighted by Crippen LogP contribution is -1.69. The van der Waals surface area contributed by atoms with Gasteiger partial charge in [0.15, 0.2) is 0 Å². The standard InChI is InChI=1S/C13H9N/c14-10-4-6-12-9-8-11-5-2-1-3-7-13(11)12/h1-9H. The first-order valence-corrected chi connectivity index (χ1v) is 4.46. The number of fused-ring (bicyclic) bond motifs is 1. The Labute approximate surface area is 83.3 Å². The van der Waals surface area contributed by atoms with E-state index in [9.17, 15) is 0 Å². The summed E-state index contributed by atoms with van der Waals surface area (Å²) in [6, 6.07) is 16.2. The van der Waals surface area contributed by atoms with Crippen LogP contribution < -0.4 is 0 Å². The van der Waals surface area contributed by atoms with Gasteiger partial charge in [0.2, 0.25) is 0 Å². The topological polar surface area (TPSA) is 23.8 Å². The van der Waals surface area contributed by atoms with Crippen LogP contribution >= 0.6 is 0 Å². The van der Waals surface area contributed by atoms with Crippen LogP contribution in [0.1, 0.15) is 5.56 Å². The lowest BCUT2D eigenvalue weighted by molar-refractivity contribution is 1.54. The molecule has 0 bridgehead atoms. The molecule has 0 atom stereocenters. The van der Waals surface area contributed by atoms with Crippen molar-refractivity contribution in [3.05, 3.63) is 54.1 Å². The molecule has 2 rings (SSSR count). The fourth-order valence-electron chi connectivity index (χ4n) is 1.51. The molecule has 2 aliphatic rings. The summed E-state index contributed by atoms with van der Waals surface area (Å²) in [4.78, 5) is 0. The Kier molecular flexibility index (Phi) is 2.29. The van der Waals surface area contributed by atoms with Crippen LogP contribution in [-0.2, 0) is 0 Å². The van der Waals surface area contributed by atoms with E-state index in [4.69, 9.17) is 5.26 Å². The van der Waals surface area contributed by atoms with E-state index in [2.05, 4.69) is 18.2 Å². The molecule has 0 radical (unpaired) electrons. The lowest BCUT2D eigenvalue weighted by atomic mass is 10.1. The zero-order valence-electron chi connectivity index (χ0n) is 7.64. The summed E-state index contributed by atoms with van der Waals surface area (Å²) >= 11 is 0. The Morgan fingerprint density at radius 1 is 1.00 bits per heavy atom. The summed E-state index contributed by atoms with van der Waals surface area (Å²) in [5, 5.41) is 8.45. The van der Waals surface area contributed by atoms with Crippen LogP contribution in [0.25, 0.3) is 17.2 Å². The van der Waals surface area contributed by atoms with E-state index < -0.39 is 0 Å². The molecular weight excluding hydrogens is 170 g/mol. The fraction of sp³-hybridized carbons (Fsp3) is 0. The first kappa shape index (κ1) is 8.52. The molecule has 14 heavy (non-hydrogen) atoms.